The second-order valence-corrected chi connectivity index (χ2v) is 2.29. The van der Waals surface area contributed by atoms with Gasteiger partial charge in [0.1, 0.15) is 0 Å². The van der Waals surface area contributed by atoms with Crippen LogP contribution < -0.4 is 0 Å². The number of carbonyl (C=O) groups excluding carboxylic acids is 1. The number of hydrogen-bond donors (Lipinski definition) is 0. The van der Waals surface area contributed by atoms with E-state index in [-0.39, 0.29) is 0 Å². The van der Waals surface area contributed by atoms with Crippen LogP contribution >= 0.6 is 0 Å². The van der Waals surface area contributed by atoms with Crippen LogP contribution in [0, 0.1) is 0 Å². The van der Waals surface area contributed by atoms with Crippen molar-refractivity contribution < 1.29 is 9.53 Å². The number of aldehydes is 1. The van der Waals surface area contributed by atoms with Crippen LogP contribution in [-0.2, 0) is 17.9 Å². The Balaban J connectivity index is 2.98. The van der Waals surface area contributed by atoms with Crippen molar-refractivity contribution in [1.29, 1.82) is 0 Å². The van der Waals surface area contributed by atoms with Crippen molar-refractivity contribution in [2.24, 2.45) is 0 Å². The maximum Gasteiger partial charge on any atom is 0.172 e. The zero-order valence-electron chi connectivity index (χ0n) is 7.15. The Labute approximate surface area is 70.3 Å². The molecule has 1 aromatic heterocycles. The number of ether oxygens (including phenoxy) is 1. The second-order valence-electron chi connectivity index (χ2n) is 2.29. The molecule has 0 radical (unpaired) electrons. The molecule has 0 N–H and O–H groups in total. The van der Waals surface area contributed by atoms with Gasteiger partial charge in [0.05, 0.1) is 12.3 Å². The van der Waals surface area contributed by atoms with E-state index in [9.17, 15) is 4.79 Å². The number of methoxy groups -OCH3 is 1. The molecule has 5 heteroatoms. The highest BCUT2D eigenvalue weighted by atomic mass is 16.5. The van der Waals surface area contributed by atoms with Crippen LogP contribution in [0.4, 0.5) is 0 Å². The van der Waals surface area contributed by atoms with E-state index in [0.717, 1.165) is 5.69 Å². The molecule has 0 fully saturated rings. The first kappa shape index (κ1) is 8.86. The molecule has 0 aliphatic rings. The summed E-state index contributed by atoms with van der Waals surface area (Å²) in [4.78, 5) is 10.5. The van der Waals surface area contributed by atoms with Crippen molar-refractivity contribution >= 4 is 6.29 Å². The number of carbonyl (C=O) groups is 1. The standard InChI is InChI=1S/C7H11N3O2/c1-3-10-7(5-12-2)6(4-11)8-9-10/h4H,3,5H2,1-2H3. The predicted molar refractivity (Wildman–Crippen MR) is 41.8 cm³/mol. The molecule has 0 bridgehead atoms. The summed E-state index contributed by atoms with van der Waals surface area (Å²) < 4.78 is 6.56. The van der Waals surface area contributed by atoms with Crippen LogP contribution in [0.15, 0.2) is 0 Å². The summed E-state index contributed by atoms with van der Waals surface area (Å²) in [5, 5.41) is 7.47. The lowest BCUT2D eigenvalue weighted by Crippen LogP contribution is -2.04. The fourth-order valence-corrected chi connectivity index (χ4v) is 0.977. The summed E-state index contributed by atoms with van der Waals surface area (Å²) >= 11 is 0. The van der Waals surface area contributed by atoms with Crippen LogP contribution in [0.25, 0.3) is 0 Å². The van der Waals surface area contributed by atoms with Crippen LogP contribution in [0.2, 0.25) is 0 Å². The lowest BCUT2D eigenvalue weighted by molar-refractivity contribution is 0.111. The van der Waals surface area contributed by atoms with E-state index in [1.54, 1.807) is 11.8 Å². The first-order chi connectivity index (χ1) is 5.83. The Bertz CT molecular complexity index is 270. The van der Waals surface area contributed by atoms with Gasteiger partial charge in [0, 0.05) is 13.7 Å². The minimum absolute atomic E-state index is 0.360. The zero-order valence-corrected chi connectivity index (χ0v) is 7.15. The third-order valence-corrected chi connectivity index (χ3v) is 1.56. The topological polar surface area (TPSA) is 57.0 Å². The molecule has 0 aromatic carbocycles. The summed E-state index contributed by atoms with van der Waals surface area (Å²) in [5.74, 6) is 0. The second kappa shape index (κ2) is 3.96. The molecular formula is C7H11N3O2. The van der Waals surface area contributed by atoms with E-state index < -0.39 is 0 Å². The van der Waals surface area contributed by atoms with Crippen molar-refractivity contribution in [2.45, 2.75) is 20.1 Å². The first-order valence-corrected chi connectivity index (χ1v) is 3.70. The van der Waals surface area contributed by atoms with Gasteiger partial charge in [-0.2, -0.15) is 0 Å². The minimum atomic E-state index is 0.360. The Morgan fingerprint density at radius 3 is 2.92 bits per heavy atom. The summed E-state index contributed by atoms with van der Waals surface area (Å²) in [6.07, 6.45) is 0.688. The highest BCUT2D eigenvalue weighted by Crippen LogP contribution is 2.03. The van der Waals surface area contributed by atoms with Crippen LogP contribution in [0.3, 0.4) is 0 Å². The van der Waals surface area contributed by atoms with Gasteiger partial charge in [0.25, 0.3) is 0 Å². The molecule has 0 unspecified atom stereocenters. The lowest BCUT2D eigenvalue weighted by Gasteiger charge is -2.01. The molecule has 0 atom stereocenters. The van der Waals surface area contributed by atoms with Crippen LogP contribution in [0.1, 0.15) is 23.1 Å². The molecular weight excluding hydrogens is 158 g/mol. The SMILES string of the molecule is CCn1nnc(C=O)c1COC. The van der Waals surface area contributed by atoms with Gasteiger partial charge in [-0.25, -0.2) is 4.68 Å². The quantitative estimate of drug-likeness (QED) is 0.606. The molecule has 66 valence electrons. The Morgan fingerprint density at radius 2 is 2.42 bits per heavy atom. The Hall–Kier alpha value is -1.23. The lowest BCUT2D eigenvalue weighted by atomic mass is 10.3. The maximum absolute atomic E-state index is 10.5. The molecule has 0 aliphatic heterocycles. The Kier molecular flexibility index (Phi) is 2.93. The van der Waals surface area contributed by atoms with Gasteiger partial charge in [0.2, 0.25) is 0 Å². The molecule has 1 heterocycles. The van der Waals surface area contributed by atoms with Crippen molar-refractivity contribution in [3.63, 3.8) is 0 Å². The van der Waals surface area contributed by atoms with Gasteiger partial charge in [0.15, 0.2) is 12.0 Å². The zero-order chi connectivity index (χ0) is 8.97. The van der Waals surface area contributed by atoms with E-state index in [2.05, 4.69) is 10.3 Å². The molecule has 0 saturated heterocycles. The molecule has 12 heavy (non-hydrogen) atoms. The molecule has 0 aliphatic carbocycles. The maximum atomic E-state index is 10.5. The van der Waals surface area contributed by atoms with E-state index in [1.165, 1.54) is 0 Å². The largest absolute Gasteiger partial charge is 0.378 e. The third kappa shape index (κ3) is 1.50. The third-order valence-electron chi connectivity index (χ3n) is 1.56. The molecule has 0 saturated carbocycles. The Morgan fingerprint density at radius 1 is 1.67 bits per heavy atom. The van der Waals surface area contributed by atoms with Gasteiger partial charge < -0.3 is 4.74 Å². The first-order valence-electron chi connectivity index (χ1n) is 3.70. The highest BCUT2D eigenvalue weighted by Gasteiger charge is 2.09. The highest BCUT2D eigenvalue weighted by molar-refractivity contribution is 5.73. The number of rotatable bonds is 4. The normalized spacial score (nSPS) is 10.2. The monoisotopic (exact) mass is 169 g/mol. The number of nitrogens with zero attached hydrogens (tertiary/aromatic N) is 3. The molecule has 0 amide bonds. The van der Waals surface area contributed by atoms with Gasteiger partial charge in [-0.1, -0.05) is 5.21 Å². The smallest absolute Gasteiger partial charge is 0.172 e. The van der Waals surface area contributed by atoms with E-state index in [0.29, 0.717) is 25.1 Å². The van der Waals surface area contributed by atoms with Crippen LogP contribution in [0.5, 0.6) is 0 Å². The van der Waals surface area contributed by atoms with Gasteiger partial charge in [-0.05, 0) is 6.92 Å². The summed E-state index contributed by atoms with van der Waals surface area (Å²) in [7, 11) is 1.57. The fraction of sp³-hybridized carbons (Fsp3) is 0.571. The van der Waals surface area contributed by atoms with E-state index in [1.807, 2.05) is 6.92 Å². The summed E-state index contributed by atoms with van der Waals surface area (Å²) in [6.45, 7) is 3.00. The summed E-state index contributed by atoms with van der Waals surface area (Å²) in [6, 6.07) is 0. The molecule has 5 nitrogen and oxygen atoms in total. The molecule has 1 aromatic rings. The van der Waals surface area contributed by atoms with E-state index >= 15 is 0 Å². The summed E-state index contributed by atoms with van der Waals surface area (Å²) in [5.41, 5.74) is 1.09. The van der Waals surface area contributed by atoms with Crippen LogP contribution in [-0.4, -0.2) is 28.4 Å². The average molecular weight is 169 g/mol. The van der Waals surface area contributed by atoms with Gasteiger partial charge in [-0.15, -0.1) is 5.10 Å². The molecule has 0 spiro atoms. The molecule has 1 rings (SSSR count). The van der Waals surface area contributed by atoms with E-state index in [4.69, 9.17) is 4.74 Å². The predicted octanol–water partition coefficient (Wildman–Crippen LogP) is 0.257. The van der Waals surface area contributed by atoms with Gasteiger partial charge in [-0.3, -0.25) is 4.79 Å². The van der Waals surface area contributed by atoms with Crippen molar-refractivity contribution in [3.05, 3.63) is 11.4 Å². The van der Waals surface area contributed by atoms with Crippen molar-refractivity contribution in [1.82, 2.24) is 15.0 Å². The van der Waals surface area contributed by atoms with Crippen molar-refractivity contribution in [3.8, 4) is 0 Å². The van der Waals surface area contributed by atoms with Gasteiger partial charge >= 0.3 is 0 Å². The number of aromatic nitrogens is 3. The fourth-order valence-electron chi connectivity index (χ4n) is 0.977. The minimum Gasteiger partial charge on any atom is -0.378 e. The number of hydrogen-bond acceptors (Lipinski definition) is 4. The van der Waals surface area contributed by atoms with Crippen molar-refractivity contribution in [2.75, 3.05) is 7.11 Å². The average Bonchev–Trinajstić information content (AvgIpc) is 2.48. The number of aryl methyl sites for hydroxylation is 1.